The molecule has 3 nitrogen and oxygen atoms in total. The Balaban J connectivity index is 1.52. The smallest absolute Gasteiger partial charge is 0.0546 e. The van der Waals surface area contributed by atoms with Gasteiger partial charge in [0.05, 0.1) is 6.10 Å². The molecule has 2 N–H and O–H groups in total. The van der Waals surface area contributed by atoms with Crippen molar-refractivity contribution in [3.63, 3.8) is 0 Å². The van der Waals surface area contributed by atoms with Crippen molar-refractivity contribution in [2.24, 2.45) is 11.8 Å². The van der Waals surface area contributed by atoms with Gasteiger partial charge in [0.1, 0.15) is 0 Å². The third kappa shape index (κ3) is 1.97. The molecule has 2 aromatic rings. The van der Waals surface area contributed by atoms with Crippen LogP contribution in [-0.2, 0) is 6.54 Å². The molecule has 0 radical (unpaired) electrons. The first kappa shape index (κ1) is 11.5. The summed E-state index contributed by atoms with van der Waals surface area (Å²) in [6, 6.07) is 8.67. The summed E-state index contributed by atoms with van der Waals surface area (Å²) in [7, 11) is 0. The number of aliphatic hydroxyl groups excluding tert-OH is 1. The van der Waals surface area contributed by atoms with Crippen molar-refractivity contribution in [2.75, 3.05) is 13.1 Å². The molecule has 0 bridgehead atoms. The van der Waals surface area contributed by atoms with Crippen molar-refractivity contribution in [1.29, 1.82) is 0 Å². The van der Waals surface area contributed by atoms with Crippen LogP contribution in [0.25, 0.3) is 10.9 Å². The van der Waals surface area contributed by atoms with Crippen LogP contribution in [0.5, 0.6) is 0 Å². The average molecular weight is 256 g/mol. The van der Waals surface area contributed by atoms with E-state index in [2.05, 4.69) is 34.1 Å². The Bertz CT molecular complexity index is 577. The lowest BCUT2D eigenvalue weighted by atomic mass is 10.0. The maximum Gasteiger partial charge on any atom is 0.0546 e. The molecule has 19 heavy (non-hydrogen) atoms. The number of aromatic nitrogens is 1. The average Bonchev–Trinajstić information content (AvgIpc) is 3.03. The van der Waals surface area contributed by atoms with E-state index in [0.29, 0.717) is 0 Å². The molecule has 3 atom stereocenters. The van der Waals surface area contributed by atoms with Gasteiger partial charge in [0.15, 0.2) is 0 Å². The largest absolute Gasteiger partial charge is 0.393 e. The summed E-state index contributed by atoms with van der Waals surface area (Å²) in [4.78, 5) is 5.84. The van der Waals surface area contributed by atoms with Crippen LogP contribution in [0.4, 0.5) is 0 Å². The second-order valence-corrected chi connectivity index (χ2v) is 6.20. The van der Waals surface area contributed by atoms with E-state index in [9.17, 15) is 5.11 Å². The van der Waals surface area contributed by atoms with Crippen molar-refractivity contribution in [3.05, 3.63) is 36.0 Å². The zero-order chi connectivity index (χ0) is 12.8. The van der Waals surface area contributed by atoms with E-state index < -0.39 is 0 Å². The quantitative estimate of drug-likeness (QED) is 0.866. The number of hydrogen-bond donors (Lipinski definition) is 2. The van der Waals surface area contributed by atoms with E-state index in [1.165, 1.54) is 16.5 Å². The summed E-state index contributed by atoms with van der Waals surface area (Å²) in [6.45, 7) is 3.35. The number of H-pyrrole nitrogens is 1. The van der Waals surface area contributed by atoms with Gasteiger partial charge < -0.3 is 10.1 Å². The molecule has 1 unspecified atom stereocenters. The summed E-state index contributed by atoms with van der Waals surface area (Å²) in [5.41, 5.74) is 2.64. The van der Waals surface area contributed by atoms with Crippen LogP contribution in [0.15, 0.2) is 30.5 Å². The predicted octanol–water partition coefficient (Wildman–Crippen LogP) is 2.37. The van der Waals surface area contributed by atoms with Crippen LogP contribution in [-0.4, -0.2) is 34.2 Å². The molecule has 2 aliphatic rings. The monoisotopic (exact) mass is 256 g/mol. The van der Waals surface area contributed by atoms with E-state index >= 15 is 0 Å². The Kier molecular flexibility index (Phi) is 2.64. The number of likely N-dealkylation sites (tertiary alicyclic amines) is 1. The second kappa shape index (κ2) is 4.36. The lowest BCUT2D eigenvalue weighted by molar-refractivity contribution is 0.161. The zero-order valence-electron chi connectivity index (χ0n) is 11.0. The van der Waals surface area contributed by atoms with Gasteiger partial charge in [0, 0.05) is 36.7 Å². The van der Waals surface area contributed by atoms with Crippen molar-refractivity contribution < 1.29 is 5.11 Å². The third-order valence-corrected chi connectivity index (χ3v) is 4.88. The summed E-state index contributed by atoms with van der Waals surface area (Å²) < 4.78 is 0. The molecule has 100 valence electrons. The highest BCUT2D eigenvalue weighted by molar-refractivity contribution is 5.82. The third-order valence-electron chi connectivity index (χ3n) is 4.88. The number of hydrogen-bond acceptors (Lipinski definition) is 2. The molecule has 1 saturated carbocycles. The van der Waals surface area contributed by atoms with Gasteiger partial charge in [-0.15, -0.1) is 0 Å². The molecule has 0 spiro atoms. The van der Waals surface area contributed by atoms with E-state index in [0.717, 1.165) is 44.3 Å². The lowest BCUT2D eigenvalue weighted by Gasteiger charge is -2.18. The Morgan fingerprint density at radius 3 is 2.74 bits per heavy atom. The van der Waals surface area contributed by atoms with Gasteiger partial charge in [0.25, 0.3) is 0 Å². The minimum Gasteiger partial charge on any atom is -0.393 e. The van der Waals surface area contributed by atoms with Gasteiger partial charge in [0.2, 0.25) is 0 Å². The molecule has 4 rings (SSSR count). The van der Waals surface area contributed by atoms with Gasteiger partial charge in [-0.25, -0.2) is 0 Å². The van der Waals surface area contributed by atoms with Crippen molar-refractivity contribution in [2.45, 2.75) is 25.5 Å². The first-order chi connectivity index (χ1) is 9.29. The molecule has 1 aliphatic carbocycles. The van der Waals surface area contributed by atoms with Crippen LogP contribution >= 0.6 is 0 Å². The molecule has 2 heterocycles. The minimum atomic E-state index is -0.0368. The number of benzene rings is 1. The summed E-state index contributed by atoms with van der Waals surface area (Å²) in [5.74, 6) is 1.45. The van der Waals surface area contributed by atoms with Crippen LogP contribution in [0.1, 0.15) is 18.4 Å². The van der Waals surface area contributed by atoms with Gasteiger partial charge in [-0.1, -0.05) is 12.1 Å². The number of fused-ring (bicyclic) bond motifs is 2. The minimum absolute atomic E-state index is 0.0368. The maximum absolute atomic E-state index is 9.70. The van der Waals surface area contributed by atoms with Gasteiger partial charge >= 0.3 is 0 Å². The van der Waals surface area contributed by atoms with Crippen LogP contribution in [0.2, 0.25) is 0 Å². The Morgan fingerprint density at radius 1 is 1.16 bits per heavy atom. The van der Waals surface area contributed by atoms with Crippen molar-refractivity contribution in [3.8, 4) is 0 Å². The number of rotatable bonds is 2. The van der Waals surface area contributed by atoms with Gasteiger partial charge in [-0.2, -0.15) is 0 Å². The highest BCUT2D eigenvalue weighted by atomic mass is 16.3. The number of nitrogens with zero attached hydrogens (tertiary/aromatic N) is 1. The molecular weight excluding hydrogens is 236 g/mol. The molecule has 1 saturated heterocycles. The lowest BCUT2D eigenvalue weighted by Crippen LogP contribution is -2.22. The first-order valence-corrected chi connectivity index (χ1v) is 7.25. The highest BCUT2D eigenvalue weighted by Crippen LogP contribution is 2.38. The van der Waals surface area contributed by atoms with Crippen LogP contribution < -0.4 is 0 Å². The molecule has 2 fully saturated rings. The van der Waals surface area contributed by atoms with Crippen LogP contribution in [0, 0.1) is 11.8 Å². The van der Waals surface area contributed by atoms with Gasteiger partial charge in [-0.05, 0) is 42.4 Å². The molecule has 0 amide bonds. The number of nitrogens with one attached hydrogen (secondary N) is 1. The normalized spacial score (nSPS) is 31.1. The molecular formula is C16H20N2O. The van der Waals surface area contributed by atoms with E-state index in [-0.39, 0.29) is 6.10 Å². The SMILES string of the molecule is OC1C[C@@H]2CN(Cc3cccc4[nH]ccc34)C[C@@H]2C1. The summed E-state index contributed by atoms with van der Waals surface area (Å²) in [5, 5.41) is 11.0. The Morgan fingerprint density at radius 2 is 1.95 bits per heavy atom. The Labute approximate surface area is 113 Å². The fraction of sp³-hybridized carbons (Fsp3) is 0.500. The number of aliphatic hydroxyl groups is 1. The fourth-order valence-corrected chi connectivity index (χ4v) is 4.02. The molecule has 1 aromatic heterocycles. The van der Waals surface area contributed by atoms with Crippen molar-refractivity contribution in [1.82, 2.24) is 9.88 Å². The fourth-order valence-electron chi connectivity index (χ4n) is 4.02. The number of aromatic amines is 1. The summed E-state index contributed by atoms with van der Waals surface area (Å²) >= 11 is 0. The topological polar surface area (TPSA) is 39.3 Å². The van der Waals surface area contributed by atoms with Crippen LogP contribution in [0.3, 0.4) is 0 Å². The van der Waals surface area contributed by atoms with E-state index in [4.69, 9.17) is 0 Å². The van der Waals surface area contributed by atoms with E-state index in [1.54, 1.807) is 0 Å². The maximum atomic E-state index is 9.70. The second-order valence-electron chi connectivity index (χ2n) is 6.20. The van der Waals surface area contributed by atoms with Crippen molar-refractivity contribution >= 4 is 10.9 Å². The highest BCUT2D eigenvalue weighted by Gasteiger charge is 2.39. The zero-order valence-corrected chi connectivity index (χ0v) is 11.0. The molecule has 3 heteroatoms. The first-order valence-electron chi connectivity index (χ1n) is 7.25. The Hall–Kier alpha value is -1.32. The standard InChI is InChI=1S/C16H20N2O/c19-14-6-12-9-18(10-13(12)7-14)8-11-2-1-3-16-15(11)4-5-17-16/h1-5,12-14,17,19H,6-10H2/t12-,13+,14?. The van der Waals surface area contributed by atoms with Gasteiger partial charge in [-0.3, -0.25) is 4.90 Å². The van der Waals surface area contributed by atoms with E-state index in [1.807, 2.05) is 6.20 Å². The molecule has 1 aromatic carbocycles. The molecule has 1 aliphatic heterocycles. The summed E-state index contributed by atoms with van der Waals surface area (Å²) in [6.07, 6.45) is 4.00. The predicted molar refractivity (Wildman–Crippen MR) is 75.8 cm³/mol.